The third-order valence-electron chi connectivity index (χ3n) is 0.954. The topological polar surface area (TPSA) is 46.2 Å². The van der Waals surface area contributed by atoms with E-state index in [2.05, 4.69) is 20.7 Å². The number of halogens is 1. The molecule has 0 fully saturated rings. The largest absolute Gasteiger partial charge is 0.550 e. The van der Waals surface area contributed by atoms with E-state index >= 15 is 0 Å². The van der Waals surface area contributed by atoms with Gasteiger partial charge in [0, 0.05) is 4.83 Å². The molecule has 10 heavy (non-hydrogen) atoms. The van der Waals surface area contributed by atoms with E-state index in [1.165, 1.54) is 0 Å². The summed E-state index contributed by atoms with van der Waals surface area (Å²) < 4.78 is 4.34. The monoisotopic (exact) mass is 209 g/mol. The summed E-state index contributed by atoms with van der Waals surface area (Å²) in [4.78, 5) is 10.1. The van der Waals surface area contributed by atoms with Crippen molar-refractivity contribution in [2.45, 2.75) is 31.2 Å². The van der Waals surface area contributed by atoms with Gasteiger partial charge in [-0.1, -0.05) is 22.9 Å². The lowest BCUT2D eigenvalue weighted by atomic mass is 10.2. The van der Waals surface area contributed by atoms with E-state index in [0.717, 1.165) is 0 Å². The molecule has 0 aliphatic carbocycles. The molecule has 0 amide bonds. The third kappa shape index (κ3) is 5.88. The molecule has 0 heterocycles. The van der Waals surface area contributed by atoms with Gasteiger partial charge >= 0.3 is 6.16 Å². The van der Waals surface area contributed by atoms with Crippen LogP contribution in [-0.2, 0) is 9.84 Å². The van der Waals surface area contributed by atoms with Gasteiger partial charge < -0.3 is 4.74 Å². The maximum atomic E-state index is 9.84. The van der Waals surface area contributed by atoms with Crippen LogP contribution < -0.4 is 0 Å². The van der Waals surface area contributed by atoms with Crippen LogP contribution in [0, 0.1) is 0 Å². The smallest absolute Gasteiger partial charge is 0.429 e. The van der Waals surface area contributed by atoms with Crippen molar-refractivity contribution >= 4 is 22.1 Å². The Hall–Kier alpha value is -0.250. The number of carbonyl (C=O) groups excluding carboxylic acids is 1. The zero-order valence-electron chi connectivity index (χ0n) is 5.96. The van der Waals surface area contributed by atoms with Crippen LogP contribution >= 0.6 is 15.9 Å². The van der Waals surface area contributed by atoms with Crippen molar-refractivity contribution in [3.05, 3.63) is 0 Å². The average molecular weight is 210 g/mol. The lowest BCUT2D eigenvalue weighted by molar-refractivity contribution is 0.0363. The summed E-state index contributed by atoms with van der Waals surface area (Å²) in [6.07, 6.45) is -1.09. The molecule has 0 spiro atoms. The normalized spacial score (nSPS) is 15.9. The Balaban J connectivity index is 3.43. The molecule has 4 heteroatoms. The van der Waals surface area contributed by atoms with Gasteiger partial charge in [0.05, 0.1) is 0 Å². The molecule has 1 radical (unpaired) electrons. The lowest BCUT2D eigenvalue weighted by Crippen LogP contribution is -2.15. The van der Waals surface area contributed by atoms with E-state index in [9.17, 15) is 9.90 Å². The standard InChI is InChI=1S/C6H10BrO3/c1-4(7)3-5(2)10-6(8)9/h4-5H,3H2,1-2H3. The molecule has 59 valence electrons. The van der Waals surface area contributed by atoms with Crippen molar-refractivity contribution in [1.82, 2.24) is 0 Å². The highest BCUT2D eigenvalue weighted by Crippen LogP contribution is 2.09. The first-order valence-electron chi connectivity index (χ1n) is 3.04. The predicted octanol–water partition coefficient (Wildman–Crippen LogP) is 2.12. The fourth-order valence-electron chi connectivity index (χ4n) is 0.670. The van der Waals surface area contributed by atoms with Crippen LogP contribution in [0.1, 0.15) is 20.3 Å². The molecule has 0 aromatic rings. The van der Waals surface area contributed by atoms with E-state index in [4.69, 9.17) is 0 Å². The molecular weight excluding hydrogens is 200 g/mol. The number of ether oxygens (including phenoxy) is 1. The summed E-state index contributed by atoms with van der Waals surface area (Å²) in [6, 6.07) is 0. The second kappa shape index (κ2) is 4.55. The van der Waals surface area contributed by atoms with Gasteiger partial charge in [-0.05, 0) is 13.3 Å². The van der Waals surface area contributed by atoms with Crippen molar-refractivity contribution in [3.63, 3.8) is 0 Å². The van der Waals surface area contributed by atoms with Crippen molar-refractivity contribution in [2.24, 2.45) is 0 Å². The van der Waals surface area contributed by atoms with Gasteiger partial charge in [0.25, 0.3) is 0 Å². The second-order valence-corrected chi connectivity index (χ2v) is 3.76. The van der Waals surface area contributed by atoms with Gasteiger partial charge in [-0.3, -0.25) is 0 Å². The summed E-state index contributed by atoms with van der Waals surface area (Å²) in [5.74, 6) is 0. The lowest BCUT2D eigenvalue weighted by Gasteiger charge is -2.10. The molecule has 0 bridgehead atoms. The third-order valence-corrected chi connectivity index (χ3v) is 1.33. The maximum Gasteiger partial charge on any atom is 0.550 e. The van der Waals surface area contributed by atoms with E-state index in [1.807, 2.05) is 6.92 Å². The highest BCUT2D eigenvalue weighted by molar-refractivity contribution is 9.09. The Morgan fingerprint density at radius 2 is 2.10 bits per heavy atom. The van der Waals surface area contributed by atoms with E-state index in [1.54, 1.807) is 6.92 Å². The highest BCUT2D eigenvalue weighted by Gasteiger charge is 2.10. The molecule has 0 aromatic heterocycles. The van der Waals surface area contributed by atoms with Crippen LogP contribution in [0.25, 0.3) is 0 Å². The van der Waals surface area contributed by atoms with Crippen LogP contribution in [0.15, 0.2) is 0 Å². The minimum absolute atomic E-state index is 0.266. The van der Waals surface area contributed by atoms with Crippen molar-refractivity contribution in [2.75, 3.05) is 0 Å². The number of hydrogen-bond donors (Lipinski definition) is 0. The molecule has 0 aromatic carbocycles. The van der Waals surface area contributed by atoms with E-state index in [-0.39, 0.29) is 10.9 Å². The molecule has 0 saturated heterocycles. The zero-order valence-corrected chi connectivity index (χ0v) is 7.55. The Labute approximate surface area is 68.5 Å². The molecule has 2 unspecified atom stereocenters. The Morgan fingerprint density at radius 3 is 2.40 bits per heavy atom. The highest BCUT2D eigenvalue weighted by atomic mass is 79.9. The predicted molar refractivity (Wildman–Crippen MR) is 39.6 cm³/mol. The van der Waals surface area contributed by atoms with Gasteiger partial charge in [-0.25, -0.2) is 0 Å². The van der Waals surface area contributed by atoms with Crippen molar-refractivity contribution in [3.8, 4) is 0 Å². The summed E-state index contributed by atoms with van der Waals surface area (Å²) >= 11 is 3.27. The quantitative estimate of drug-likeness (QED) is 0.529. The van der Waals surface area contributed by atoms with Gasteiger partial charge in [0.15, 0.2) is 0 Å². The molecule has 0 aliphatic rings. The molecule has 0 rings (SSSR count). The first kappa shape index (κ1) is 9.75. The van der Waals surface area contributed by atoms with E-state index in [0.29, 0.717) is 6.42 Å². The zero-order chi connectivity index (χ0) is 8.15. The Bertz CT molecular complexity index is 114. The average Bonchev–Trinajstić information content (AvgIpc) is 1.58. The minimum Gasteiger partial charge on any atom is -0.429 e. The van der Waals surface area contributed by atoms with Gasteiger partial charge in [-0.15, -0.1) is 0 Å². The van der Waals surface area contributed by atoms with Crippen LogP contribution in [0.4, 0.5) is 4.79 Å². The van der Waals surface area contributed by atoms with Crippen molar-refractivity contribution < 1.29 is 14.6 Å². The van der Waals surface area contributed by atoms with E-state index < -0.39 is 6.16 Å². The Kier molecular flexibility index (Phi) is 4.43. The molecule has 0 aliphatic heterocycles. The number of carbonyl (C=O) groups is 1. The SMILES string of the molecule is CC(Br)CC(C)OC([O])=O. The van der Waals surface area contributed by atoms with Crippen LogP contribution in [0.5, 0.6) is 0 Å². The summed E-state index contributed by atoms with van der Waals surface area (Å²) in [5, 5.41) is 9.84. The van der Waals surface area contributed by atoms with Crippen LogP contribution in [0.3, 0.4) is 0 Å². The number of rotatable bonds is 3. The summed E-state index contributed by atoms with van der Waals surface area (Å²) in [6.45, 7) is 3.61. The molecular formula is C6H10BrO3. The first-order chi connectivity index (χ1) is 4.52. The maximum absolute atomic E-state index is 9.84. The first-order valence-corrected chi connectivity index (χ1v) is 3.95. The van der Waals surface area contributed by atoms with Crippen LogP contribution in [0.2, 0.25) is 0 Å². The second-order valence-electron chi connectivity index (χ2n) is 2.19. The molecule has 2 atom stereocenters. The molecule has 0 saturated carbocycles. The fraction of sp³-hybridized carbons (Fsp3) is 0.833. The minimum atomic E-state index is -1.46. The van der Waals surface area contributed by atoms with Gasteiger partial charge in [-0.2, -0.15) is 9.90 Å². The Morgan fingerprint density at radius 1 is 1.60 bits per heavy atom. The number of alkyl halides is 1. The fourth-order valence-corrected chi connectivity index (χ4v) is 1.20. The molecule has 0 N–H and O–H groups in total. The number of hydrogen-bond acceptors (Lipinski definition) is 2. The summed E-state index contributed by atoms with van der Waals surface area (Å²) in [5.41, 5.74) is 0. The summed E-state index contributed by atoms with van der Waals surface area (Å²) in [7, 11) is 0. The van der Waals surface area contributed by atoms with Gasteiger partial charge in [0.1, 0.15) is 6.10 Å². The van der Waals surface area contributed by atoms with Crippen molar-refractivity contribution in [1.29, 1.82) is 0 Å². The molecule has 3 nitrogen and oxygen atoms in total. The van der Waals surface area contributed by atoms with Crippen LogP contribution in [-0.4, -0.2) is 17.1 Å². The van der Waals surface area contributed by atoms with Gasteiger partial charge in [0.2, 0.25) is 0 Å².